The summed E-state index contributed by atoms with van der Waals surface area (Å²) < 4.78 is 40.7. The van der Waals surface area contributed by atoms with E-state index in [2.05, 4.69) is 10.2 Å². The number of aromatic nitrogens is 3. The number of benzene rings is 1. The second-order valence-electron chi connectivity index (χ2n) is 7.51. The molecule has 9 heteroatoms. The van der Waals surface area contributed by atoms with Gasteiger partial charge in [0.25, 0.3) is 0 Å². The average molecular weight is 437 g/mol. The molecule has 1 saturated heterocycles. The summed E-state index contributed by atoms with van der Waals surface area (Å²) in [6, 6.07) is 9.70. The zero-order valence-electron chi connectivity index (χ0n) is 16.1. The van der Waals surface area contributed by atoms with E-state index in [0.29, 0.717) is 42.4 Å². The molecule has 0 spiro atoms. The summed E-state index contributed by atoms with van der Waals surface area (Å²) >= 11 is 5.89. The monoisotopic (exact) mass is 436 g/mol. The molecule has 3 aromatic rings. The van der Waals surface area contributed by atoms with Gasteiger partial charge in [-0.15, -0.1) is 10.2 Å². The fourth-order valence-electron chi connectivity index (χ4n) is 3.83. The number of rotatable bonds is 4. The van der Waals surface area contributed by atoms with Gasteiger partial charge in [0.1, 0.15) is 5.82 Å². The van der Waals surface area contributed by atoms with Crippen molar-refractivity contribution in [2.45, 2.75) is 37.8 Å². The molecule has 1 aliphatic rings. The second kappa shape index (κ2) is 8.26. The number of fused-ring (bicyclic) bond motifs is 1. The molecule has 4 rings (SSSR count). The molecule has 5 nitrogen and oxygen atoms in total. The molecule has 1 aromatic carbocycles. The van der Waals surface area contributed by atoms with E-state index in [1.807, 2.05) is 12.1 Å². The third-order valence-corrected chi connectivity index (χ3v) is 5.69. The van der Waals surface area contributed by atoms with Crippen LogP contribution in [0.15, 0.2) is 42.6 Å². The second-order valence-corrected chi connectivity index (χ2v) is 7.94. The van der Waals surface area contributed by atoms with Gasteiger partial charge in [0.05, 0.1) is 5.56 Å². The van der Waals surface area contributed by atoms with Gasteiger partial charge >= 0.3 is 6.18 Å². The van der Waals surface area contributed by atoms with Crippen LogP contribution in [-0.2, 0) is 17.4 Å². The number of aryl methyl sites for hydroxylation is 1. The molecule has 1 amide bonds. The van der Waals surface area contributed by atoms with Crippen molar-refractivity contribution in [2.75, 3.05) is 13.1 Å². The number of amides is 1. The third kappa shape index (κ3) is 4.43. The zero-order valence-corrected chi connectivity index (χ0v) is 16.8. The van der Waals surface area contributed by atoms with Gasteiger partial charge in [0, 0.05) is 36.6 Å². The first-order chi connectivity index (χ1) is 14.3. The molecular weight excluding hydrogens is 417 g/mol. The van der Waals surface area contributed by atoms with Crippen molar-refractivity contribution in [3.8, 4) is 0 Å². The number of hydrogen-bond acceptors (Lipinski definition) is 3. The Hall–Kier alpha value is -2.61. The van der Waals surface area contributed by atoms with E-state index in [1.165, 1.54) is 10.5 Å². The lowest BCUT2D eigenvalue weighted by molar-refractivity contribution is -0.137. The number of likely N-dealkylation sites (tertiary alicyclic amines) is 1. The van der Waals surface area contributed by atoms with Gasteiger partial charge in [-0.2, -0.15) is 13.2 Å². The molecular formula is C21H20ClF3N4O. The van der Waals surface area contributed by atoms with Crippen LogP contribution in [0.3, 0.4) is 0 Å². The van der Waals surface area contributed by atoms with Crippen LogP contribution in [0.25, 0.3) is 5.65 Å². The minimum atomic E-state index is -4.44. The summed E-state index contributed by atoms with van der Waals surface area (Å²) in [5.41, 5.74) is 0.649. The highest BCUT2D eigenvalue weighted by Crippen LogP contribution is 2.31. The van der Waals surface area contributed by atoms with Crippen molar-refractivity contribution >= 4 is 23.2 Å². The quantitative estimate of drug-likeness (QED) is 0.593. The summed E-state index contributed by atoms with van der Waals surface area (Å²) in [6.45, 7) is 1.07. The smallest absolute Gasteiger partial charge is 0.342 e. The van der Waals surface area contributed by atoms with Crippen molar-refractivity contribution in [3.63, 3.8) is 0 Å². The molecule has 0 bridgehead atoms. The van der Waals surface area contributed by atoms with Gasteiger partial charge in [0.15, 0.2) is 5.65 Å². The Morgan fingerprint density at radius 2 is 1.90 bits per heavy atom. The molecule has 1 fully saturated rings. The van der Waals surface area contributed by atoms with E-state index >= 15 is 0 Å². The Morgan fingerprint density at radius 1 is 1.13 bits per heavy atom. The first-order valence-electron chi connectivity index (χ1n) is 9.75. The first-order valence-corrected chi connectivity index (χ1v) is 10.1. The maximum Gasteiger partial charge on any atom is 0.417 e. The molecule has 0 radical (unpaired) electrons. The molecule has 0 aliphatic carbocycles. The molecule has 158 valence electrons. The summed E-state index contributed by atoms with van der Waals surface area (Å²) in [7, 11) is 0. The van der Waals surface area contributed by atoms with E-state index in [9.17, 15) is 18.0 Å². The minimum absolute atomic E-state index is 0.0273. The predicted molar refractivity (Wildman–Crippen MR) is 106 cm³/mol. The predicted octanol–water partition coefficient (Wildman–Crippen LogP) is 4.74. The van der Waals surface area contributed by atoms with E-state index in [0.717, 1.165) is 30.7 Å². The molecule has 30 heavy (non-hydrogen) atoms. The van der Waals surface area contributed by atoms with Gasteiger partial charge in [0.2, 0.25) is 5.91 Å². The highest BCUT2D eigenvalue weighted by molar-refractivity contribution is 6.30. The van der Waals surface area contributed by atoms with Crippen LogP contribution in [0.5, 0.6) is 0 Å². The summed E-state index contributed by atoms with van der Waals surface area (Å²) in [4.78, 5) is 14.5. The van der Waals surface area contributed by atoms with Crippen molar-refractivity contribution in [3.05, 3.63) is 64.6 Å². The van der Waals surface area contributed by atoms with Gasteiger partial charge in [-0.1, -0.05) is 23.7 Å². The van der Waals surface area contributed by atoms with Crippen molar-refractivity contribution in [2.24, 2.45) is 0 Å². The number of pyridine rings is 1. The van der Waals surface area contributed by atoms with Gasteiger partial charge in [-0.05, 0) is 49.1 Å². The SMILES string of the molecule is O=C(CCc1ccc(Cl)cc1)N1CCCC(c2nnc3ccc(C(F)(F)F)cn23)C1. The summed E-state index contributed by atoms with van der Waals surface area (Å²) in [5, 5.41) is 8.79. The van der Waals surface area contributed by atoms with Crippen LogP contribution in [0.2, 0.25) is 5.02 Å². The number of hydrogen-bond donors (Lipinski definition) is 0. The van der Waals surface area contributed by atoms with E-state index in [4.69, 9.17) is 11.6 Å². The minimum Gasteiger partial charge on any atom is -0.342 e. The fraction of sp³-hybridized carbons (Fsp3) is 0.381. The first kappa shape index (κ1) is 20.7. The van der Waals surface area contributed by atoms with Crippen LogP contribution < -0.4 is 0 Å². The molecule has 1 unspecified atom stereocenters. The highest BCUT2D eigenvalue weighted by atomic mass is 35.5. The number of nitrogens with zero attached hydrogens (tertiary/aromatic N) is 4. The Kier molecular flexibility index (Phi) is 5.69. The standard InChI is InChI=1S/C21H20ClF3N4O/c22-17-7-3-14(4-8-17)5-10-19(30)28-11-1-2-15(12-28)20-27-26-18-9-6-16(13-29(18)20)21(23,24)25/h3-4,6-9,13,15H,1-2,5,10-12H2. The van der Waals surface area contributed by atoms with Crippen LogP contribution >= 0.6 is 11.6 Å². The topological polar surface area (TPSA) is 50.5 Å². The summed E-state index contributed by atoms with van der Waals surface area (Å²) in [5.74, 6) is 0.336. The van der Waals surface area contributed by atoms with Crippen LogP contribution in [0.1, 0.15) is 42.1 Å². The lowest BCUT2D eigenvalue weighted by atomic mass is 9.96. The van der Waals surface area contributed by atoms with Gasteiger partial charge in [-0.3, -0.25) is 9.20 Å². The van der Waals surface area contributed by atoms with E-state index in [1.54, 1.807) is 17.0 Å². The molecule has 0 saturated carbocycles. The fourth-order valence-corrected chi connectivity index (χ4v) is 3.96. The molecule has 2 aromatic heterocycles. The Bertz CT molecular complexity index is 1050. The lowest BCUT2D eigenvalue weighted by Crippen LogP contribution is -2.39. The van der Waals surface area contributed by atoms with E-state index < -0.39 is 11.7 Å². The normalized spacial score (nSPS) is 17.5. The molecule has 0 N–H and O–H groups in total. The Labute approximate surface area is 176 Å². The number of halogens is 4. The number of piperidine rings is 1. The number of alkyl halides is 3. The average Bonchev–Trinajstić information content (AvgIpc) is 3.16. The maximum absolute atomic E-state index is 13.1. The van der Waals surface area contributed by atoms with Crippen LogP contribution in [-0.4, -0.2) is 38.5 Å². The Balaban J connectivity index is 1.47. The largest absolute Gasteiger partial charge is 0.417 e. The van der Waals surface area contributed by atoms with Gasteiger partial charge < -0.3 is 4.90 Å². The zero-order chi connectivity index (χ0) is 21.3. The van der Waals surface area contributed by atoms with Crippen molar-refractivity contribution in [1.82, 2.24) is 19.5 Å². The molecule has 3 heterocycles. The van der Waals surface area contributed by atoms with E-state index in [-0.39, 0.29) is 11.8 Å². The van der Waals surface area contributed by atoms with Crippen LogP contribution in [0, 0.1) is 0 Å². The lowest BCUT2D eigenvalue weighted by Gasteiger charge is -2.32. The summed E-state index contributed by atoms with van der Waals surface area (Å²) in [6.07, 6.45) is -0.908. The molecule has 1 aliphatic heterocycles. The number of carbonyl (C=O) groups excluding carboxylic acids is 1. The maximum atomic E-state index is 13.1. The third-order valence-electron chi connectivity index (χ3n) is 5.44. The van der Waals surface area contributed by atoms with Crippen molar-refractivity contribution in [1.29, 1.82) is 0 Å². The van der Waals surface area contributed by atoms with Crippen molar-refractivity contribution < 1.29 is 18.0 Å². The molecule has 1 atom stereocenters. The van der Waals surface area contributed by atoms with Gasteiger partial charge in [-0.25, -0.2) is 0 Å². The van der Waals surface area contributed by atoms with Crippen LogP contribution in [0.4, 0.5) is 13.2 Å². The number of carbonyl (C=O) groups is 1. The Morgan fingerprint density at radius 3 is 2.63 bits per heavy atom. The highest BCUT2D eigenvalue weighted by Gasteiger charge is 2.32.